The molecule has 1 N–H and O–H groups in total. The number of rotatable bonds is 6. The lowest BCUT2D eigenvalue weighted by molar-refractivity contribution is -0.385. The van der Waals surface area contributed by atoms with E-state index in [9.17, 15) is 19.7 Å². The molecule has 0 aliphatic rings. The van der Waals surface area contributed by atoms with Gasteiger partial charge >= 0.3 is 11.7 Å². The second-order valence-electron chi connectivity index (χ2n) is 3.77. The van der Waals surface area contributed by atoms with Crippen molar-refractivity contribution in [3.05, 3.63) is 27.8 Å². The second kappa shape index (κ2) is 7.08. The maximum absolute atomic E-state index is 12.0. The van der Waals surface area contributed by atoms with Gasteiger partial charge in [-0.2, -0.15) is 0 Å². The van der Waals surface area contributed by atoms with Gasteiger partial charge < -0.3 is 19.5 Å². The molecule has 0 aliphatic carbocycles. The Morgan fingerprint density at radius 2 is 1.95 bits per heavy atom. The maximum atomic E-state index is 12.0. The fraction of sp³-hybridized carbons (Fsp3) is 0.333. The number of nitro groups is 1. The molecule has 1 aromatic rings. The van der Waals surface area contributed by atoms with E-state index in [0.717, 1.165) is 6.07 Å². The van der Waals surface area contributed by atoms with Crippen molar-refractivity contribution >= 4 is 17.6 Å². The first-order valence-electron chi connectivity index (χ1n) is 5.72. The lowest BCUT2D eigenvalue weighted by atomic mass is 10.1. The molecule has 0 aliphatic heterocycles. The van der Waals surface area contributed by atoms with Crippen molar-refractivity contribution in [2.45, 2.75) is 6.92 Å². The van der Waals surface area contributed by atoms with Crippen LogP contribution in [0.25, 0.3) is 0 Å². The topological polar surface area (TPSA) is 117 Å². The van der Waals surface area contributed by atoms with E-state index in [-0.39, 0.29) is 23.8 Å². The van der Waals surface area contributed by atoms with Crippen LogP contribution in [0.5, 0.6) is 11.5 Å². The van der Waals surface area contributed by atoms with Crippen LogP contribution in [0.1, 0.15) is 17.3 Å². The highest BCUT2D eigenvalue weighted by Gasteiger charge is 2.25. The average molecular weight is 298 g/mol. The minimum atomic E-state index is -0.699. The Morgan fingerprint density at radius 1 is 1.29 bits per heavy atom. The first-order valence-corrected chi connectivity index (χ1v) is 5.72. The third-order valence-electron chi connectivity index (χ3n) is 2.43. The molecule has 1 aromatic carbocycles. The smallest absolute Gasteiger partial charge is 0.315 e. The number of nitrogens with zero attached hydrogens (tertiary/aromatic N) is 1. The zero-order chi connectivity index (χ0) is 16.0. The number of carbonyl (C=O) groups excluding carboxylic acids is 2. The minimum absolute atomic E-state index is 0.101. The Labute approximate surface area is 119 Å². The number of nitro benzene ring substituents is 1. The molecule has 9 heteroatoms. The zero-order valence-corrected chi connectivity index (χ0v) is 11.7. The van der Waals surface area contributed by atoms with Crippen molar-refractivity contribution in [3.63, 3.8) is 0 Å². The van der Waals surface area contributed by atoms with Gasteiger partial charge in [-0.15, -0.1) is 0 Å². The van der Waals surface area contributed by atoms with E-state index in [4.69, 9.17) is 9.47 Å². The largest absolute Gasteiger partial charge is 0.496 e. The number of carbonyl (C=O) groups is 2. The Hall–Kier alpha value is -2.84. The van der Waals surface area contributed by atoms with Crippen LogP contribution in [0.3, 0.4) is 0 Å². The molecule has 0 saturated carbocycles. The van der Waals surface area contributed by atoms with Gasteiger partial charge in [0.05, 0.1) is 30.8 Å². The van der Waals surface area contributed by atoms with Gasteiger partial charge in [-0.3, -0.25) is 19.7 Å². The van der Waals surface area contributed by atoms with Crippen LogP contribution < -0.4 is 14.8 Å². The van der Waals surface area contributed by atoms with Gasteiger partial charge in [0.25, 0.3) is 5.91 Å². The van der Waals surface area contributed by atoms with Gasteiger partial charge in [0, 0.05) is 6.92 Å². The van der Waals surface area contributed by atoms with Crippen LogP contribution >= 0.6 is 0 Å². The summed E-state index contributed by atoms with van der Waals surface area (Å²) in [6, 6.07) is 2.43. The number of hydrogen-bond donors (Lipinski definition) is 1. The van der Waals surface area contributed by atoms with E-state index < -0.39 is 22.5 Å². The first-order chi connectivity index (χ1) is 9.90. The molecule has 0 heterocycles. The van der Waals surface area contributed by atoms with Crippen molar-refractivity contribution in [1.82, 2.24) is 5.32 Å². The molecule has 1 amide bonds. The number of ether oxygens (including phenoxy) is 3. The van der Waals surface area contributed by atoms with Gasteiger partial charge in [-0.25, -0.2) is 0 Å². The van der Waals surface area contributed by atoms with Crippen LogP contribution in [0, 0.1) is 10.1 Å². The van der Waals surface area contributed by atoms with Crippen molar-refractivity contribution in [1.29, 1.82) is 0 Å². The summed E-state index contributed by atoms with van der Waals surface area (Å²) >= 11 is 0. The third kappa shape index (κ3) is 4.06. The van der Waals surface area contributed by atoms with E-state index in [1.165, 1.54) is 27.2 Å². The Bertz CT molecular complexity index is 571. The quantitative estimate of drug-likeness (QED) is 0.358. The van der Waals surface area contributed by atoms with Crippen LogP contribution in [0.2, 0.25) is 0 Å². The van der Waals surface area contributed by atoms with Crippen LogP contribution in [-0.2, 0) is 9.53 Å². The predicted molar refractivity (Wildman–Crippen MR) is 70.3 cm³/mol. The van der Waals surface area contributed by atoms with Gasteiger partial charge in [-0.1, -0.05) is 0 Å². The lowest BCUT2D eigenvalue weighted by Gasteiger charge is -2.11. The summed E-state index contributed by atoms with van der Waals surface area (Å²) in [4.78, 5) is 32.9. The first kappa shape index (κ1) is 16.2. The van der Waals surface area contributed by atoms with Crippen molar-refractivity contribution in [3.8, 4) is 11.5 Å². The van der Waals surface area contributed by atoms with Crippen molar-refractivity contribution in [2.75, 3.05) is 21.0 Å². The summed E-state index contributed by atoms with van der Waals surface area (Å²) in [7, 11) is 2.52. The van der Waals surface area contributed by atoms with Crippen LogP contribution in [0.15, 0.2) is 12.1 Å². The Morgan fingerprint density at radius 3 is 2.43 bits per heavy atom. The van der Waals surface area contributed by atoms with E-state index >= 15 is 0 Å². The summed E-state index contributed by atoms with van der Waals surface area (Å²) in [5.41, 5.74) is -0.509. The highest BCUT2D eigenvalue weighted by molar-refractivity contribution is 5.98. The summed E-state index contributed by atoms with van der Waals surface area (Å²) in [6.07, 6.45) is 0. The van der Waals surface area contributed by atoms with E-state index in [0.29, 0.717) is 0 Å². The monoisotopic (exact) mass is 298 g/mol. The predicted octanol–water partition coefficient (Wildman–Crippen LogP) is 0.862. The Balaban J connectivity index is 3.14. The molecule has 0 fully saturated rings. The number of hydrogen-bond acceptors (Lipinski definition) is 7. The summed E-state index contributed by atoms with van der Waals surface area (Å²) in [5, 5.41) is 13.3. The van der Waals surface area contributed by atoms with Gasteiger partial charge in [-0.05, 0) is 6.07 Å². The summed E-state index contributed by atoms with van der Waals surface area (Å²) in [6.45, 7) is 0.825. The molecular formula is C12H14N2O7. The van der Waals surface area contributed by atoms with Gasteiger partial charge in [0.15, 0.2) is 6.73 Å². The van der Waals surface area contributed by atoms with Gasteiger partial charge in [0.2, 0.25) is 5.75 Å². The normalized spacial score (nSPS) is 9.67. The molecular weight excluding hydrogens is 284 g/mol. The molecule has 0 unspecified atom stereocenters. The molecule has 0 radical (unpaired) electrons. The fourth-order valence-electron chi connectivity index (χ4n) is 1.52. The van der Waals surface area contributed by atoms with E-state index in [2.05, 4.69) is 10.1 Å². The number of benzene rings is 1. The number of esters is 1. The minimum Gasteiger partial charge on any atom is -0.496 e. The highest BCUT2D eigenvalue weighted by Crippen LogP contribution is 2.35. The zero-order valence-electron chi connectivity index (χ0n) is 11.7. The SMILES string of the molecule is COc1cc(C(=O)NCOC(C)=O)c(OC)c([N+](=O)[O-])c1. The van der Waals surface area contributed by atoms with E-state index in [1.54, 1.807) is 0 Å². The molecule has 1 rings (SSSR count). The molecule has 9 nitrogen and oxygen atoms in total. The lowest BCUT2D eigenvalue weighted by Crippen LogP contribution is -2.27. The van der Waals surface area contributed by atoms with Crippen molar-refractivity contribution in [2.24, 2.45) is 0 Å². The molecule has 0 bridgehead atoms. The summed E-state index contributed by atoms with van der Waals surface area (Å²) < 4.78 is 14.4. The number of nitrogens with one attached hydrogen (secondary N) is 1. The van der Waals surface area contributed by atoms with Gasteiger partial charge in [0.1, 0.15) is 5.75 Å². The fourth-order valence-corrected chi connectivity index (χ4v) is 1.52. The number of methoxy groups -OCH3 is 2. The molecule has 21 heavy (non-hydrogen) atoms. The molecule has 0 atom stereocenters. The standard InChI is InChI=1S/C12H14N2O7/c1-7(15)21-6-13-12(16)9-4-8(19-2)5-10(14(17)18)11(9)20-3/h4-5H,6H2,1-3H3,(H,13,16). The average Bonchev–Trinajstić information content (AvgIpc) is 2.44. The van der Waals surface area contributed by atoms with Crippen molar-refractivity contribution < 1.29 is 28.7 Å². The maximum Gasteiger partial charge on any atom is 0.315 e. The third-order valence-corrected chi connectivity index (χ3v) is 2.43. The van der Waals surface area contributed by atoms with E-state index in [1.807, 2.05) is 0 Å². The molecule has 0 spiro atoms. The molecule has 0 aromatic heterocycles. The highest BCUT2D eigenvalue weighted by atomic mass is 16.6. The number of amides is 1. The molecule has 0 saturated heterocycles. The Kier molecular flexibility index (Phi) is 5.47. The van der Waals surface area contributed by atoms with Crippen LogP contribution in [-0.4, -0.2) is 37.8 Å². The summed E-state index contributed by atoms with van der Waals surface area (Å²) in [5.74, 6) is -1.35. The van der Waals surface area contributed by atoms with Crippen LogP contribution in [0.4, 0.5) is 5.69 Å². The molecule has 114 valence electrons. The second-order valence-corrected chi connectivity index (χ2v) is 3.77.